The van der Waals surface area contributed by atoms with E-state index in [-0.39, 0.29) is 10.6 Å². The van der Waals surface area contributed by atoms with Gasteiger partial charge >= 0.3 is 12.1 Å². The van der Waals surface area contributed by atoms with E-state index < -0.39 is 59.7 Å². The molecule has 0 saturated carbocycles. The van der Waals surface area contributed by atoms with Crippen LogP contribution in [0.3, 0.4) is 0 Å². The maximum absolute atomic E-state index is 12.3. The predicted octanol–water partition coefficient (Wildman–Crippen LogP) is 2.22. The van der Waals surface area contributed by atoms with E-state index >= 15 is 0 Å². The number of esters is 1. The number of rotatable bonds is 8. The topological polar surface area (TPSA) is 128 Å². The predicted molar refractivity (Wildman–Crippen MR) is 94.2 cm³/mol. The van der Waals surface area contributed by atoms with Gasteiger partial charge in [-0.25, -0.2) is 4.79 Å². The van der Waals surface area contributed by atoms with E-state index in [1.54, 1.807) is 13.8 Å². The van der Waals surface area contributed by atoms with Gasteiger partial charge < -0.3 is 15.4 Å². The summed E-state index contributed by atoms with van der Waals surface area (Å²) in [5.41, 5.74) is -0.660. The monoisotopic (exact) mass is 439 g/mol. The number of nitrogens with zero attached hydrogens (tertiary/aromatic N) is 1. The van der Waals surface area contributed by atoms with Crippen molar-refractivity contribution in [2.75, 3.05) is 13.2 Å². The smallest absolute Gasteiger partial charge is 0.405 e. The van der Waals surface area contributed by atoms with Crippen LogP contribution in [0.15, 0.2) is 18.2 Å². The molecule has 1 aromatic rings. The van der Waals surface area contributed by atoms with E-state index in [1.807, 2.05) is 0 Å². The molecule has 13 heteroatoms. The molecule has 0 radical (unpaired) electrons. The molecule has 0 saturated heterocycles. The molecule has 0 spiro atoms. The number of ether oxygens (including phenoxy) is 1. The Labute approximate surface area is 167 Å². The first-order valence-corrected chi connectivity index (χ1v) is 8.44. The van der Waals surface area contributed by atoms with Gasteiger partial charge in [-0.1, -0.05) is 25.4 Å². The highest BCUT2D eigenvalue weighted by molar-refractivity contribution is 6.32. The molecular weight excluding hydrogens is 423 g/mol. The minimum atomic E-state index is -4.62. The summed E-state index contributed by atoms with van der Waals surface area (Å²) in [6, 6.07) is 2.01. The molecular formula is C16H17ClF3N3O6. The minimum Gasteiger partial charge on any atom is -0.454 e. The SMILES string of the molecule is CC(C)C(NC(=O)c1ccc(Cl)c([N+](=O)[O-])c1)C(=O)OCC(=O)NCC(F)(F)F. The number of nitrogens with one attached hydrogen (secondary N) is 2. The maximum atomic E-state index is 12.3. The van der Waals surface area contributed by atoms with Crippen LogP contribution in [0, 0.1) is 16.0 Å². The first kappa shape index (κ1) is 24.1. The third kappa shape index (κ3) is 7.94. The van der Waals surface area contributed by atoms with Crippen molar-refractivity contribution in [2.24, 2.45) is 5.92 Å². The quantitative estimate of drug-likeness (QED) is 0.363. The normalized spacial score (nSPS) is 12.2. The fourth-order valence-corrected chi connectivity index (χ4v) is 2.18. The molecule has 160 valence electrons. The highest BCUT2D eigenvalue weighted by atomic mass is 35.5. The molecule has 1 unspecified atom stereocenters. The molecule has 29 heavy (non-hydrogen) atoms. The number of benzene rings is 1. The highest BCUT2D eigenvalue weighted by Gasteiger charge is 2.30. The Hall–Kier alpha value is -2.89. The lowest BCUT2D eigenvalue weighted by molar-refractivity contribution is -0.384. The number of carbonyl (C=O) groups excluding carboxylic acids is 3. The standard InChI is InChI=1S/C16H17ClF3N3O6/c1-8(2)13(15(26)29-6-12(24)21-7-16(18,19)20)22-14(25)9-3-4-10(17)11(5-9)23(27)28/h3-5,8,13H,6-7H2,1-2H3,(H,21,24)(H,22,25). The molecule has 2 N–H and O–H groups in total. The molecule has 0 fully saturated rings. The van der Waals surface area contributed by atoms with Gasteiger partial charge in [0.05, 0.1) is 4.92 Å². The summed E-state index contributed by atoms with van der Waals surface area (Å²) in [6.45, 7) is 0.532. The summed E-state index contributed by atoms with van der Waals surface area (Å²) >= 11 is 5.67. The van der Waals surface area contributed by atoms with Gasteiger partial charge in [0.2, 0.25) is 0 Å². The van der Waals surface area contributed by atoms with Gasteiger partial charge in [0, 0.05) is 11.6 Å². The number of nitro benzene ring substituents is 1. The number of alkyl halides is 3. The van der Waals surface area contributed by atoms with Gasteiger partial charge in [-0.2, -0.15) is 13.2 Å². The Kier molecular flexibility index (Phi) is 8.37. The molecule has 0 aliphatic rings. The second kappa shape index (κ2) is 10.0. The minimum absolute atomic E-state index is 0.150. The number of carbonyl (C=O) groups is 3. The summed E-state index contributed by atoms with van der Waals surface area (Å²) in [5.74, 6) is -3.59. The van der Waals surface area contributed by atoms with Crippen LogP contribution in [0.1, 0.15) is 24.2 Å². The average molecular weight is 440 g/mol. The highest BCUT2D eigenvalue weighted by Crippen LogP contribution is 2.25. The maximum Gasteiger partial charge on any atom is 0.405 e. The molecule has 1 rings (SSSR count). The van der Waals surface area contributed by atoms with Crippen LogP contribution in [0.5, 0.6) is 0 Å². The Morgan fingerprint density at radius 3 is 2.41 bits per heavy atom. The number of hydrogen-bond acceptors (Lipinski definition) is 6. The van der Waals surface area contributed by atoms with Crippen LogP contribution in [0.4, 0.5) is 18.9 Å². The third-order valence-electron chi connectivity index (χ3n) is 3.44. The van der Waals surface area contributed by atoms with E-state index in [4.69, 9.17) is 11.6 Å². The van der Waals surface area contributed by atoms with Crippen molar-refractivity contribution in [3.63, 3.8) is 0 Å². The molecule has 0 aromatic heterocycles. The van der Waals surface area contributed by atoms with Gasteiger partial charge in [0.1, 0.15) is 17.6 Å². The second-order valence-electron chi connectivity index (χ2n) is 6.12. The summed E-state index contributed by atoms with van der Waals surface area (Å²) in [7, 11) is 0. The van der Waals surface area contributed by atoms with Gasteiger partial charge in [-0.15, -0.1) is 0 Å². The molecule has 1 atom stereocenters. The second-order valence-corrected chi connectivity index (χ2v) is 6.53. The van der Waals surface area contributed by atoms with Crippen molar-refractivity contribution in [3.05, 3.63) is 38.9 Å². The molecule has 1 aromatic carbocycles. The van der Waals surface area contributed by atoms with Gasteiger partial charge in [-0.3, -0.25) is 19.7 Å². The fraction of sp³-hybridized carbons (Fsp3) is 0.438. The van der Waals surface area contributed by atoms with Crippen molar-refractivity contribution in [1.82, 2.24) is 10.6 Å². The summed E-state index contributed by atoms with van der Waals surface area (Å²) in [6.07, 6.45) is -4.62. The zero-order valence-electron chi connectivity index (χ0n) is 15.2. The van der Waals surface area contributed by atoms with Crippen LogP contribution in [0.25, 0.3) is 0 Å². The molecule has 9 nitrogen and oxygen atoms in total. The molecule has 0 bridgehead atoms. The van der Waals surface area contributed by atoms with Crippen molar-refractivity contribution < 1.29 is 37.2 Å². The fourth-order valence-electron chi connectivity index (χ4n) is 1.99. The van der Waals surface area contributed by atoms with Crippen LogP contribution in [-0.4, -0.2) is 48.1 Å². The van der Waals surface area contributed by atoms with E-state index in [1.165, 1.54) is 11.4 Å². The molecule has 0 heterocycles. The number of nitro groups is 1. The van der Waals surface area contributed by atoms with Crippen LogP contribution >= 0.6 is 11.6 Å². The van der Waals surface area contributed by atoms with Crippen molar-refractivity contribution in [1.29, 1.82) is 0 Å². The summed E-state index contributed by atoms with van der Waals surface area (Å²) < 4.78 is 40.8. The third-order valence-corrected chi connectivity index (χ3v) is 3.76. The molecule has 0 aliphatic carbocycles. The first-order chi connectivity index (χ1) is 13.3. The van der Waals surface area contributed by atoms with Gasteiger partial charge in [-0.05, 0) is 18.1 Å². The van der Waals surface area contributed by atoms with Crippen LogP contribution in [0.2, 0.25) is 5.02 Å². The lowest BCUT2D eigenvalue weighted by atomic mass is 10.0. The average Bonchev–Trinajstić information content (AvgIpc) is 2.61. The Balaban J connectivity index is 2.76. The zero-order chi connectivity index (χ0) is 22.4. The van der Waals surface area contributed by atoms with Crippen molar-refractivity contribution in [3.8, 4) is 0 Å². The first-order valence-electron chi connectivity index (χ1n) is 8.06. The van der Waals surface area contributed by atoms with E-state index in [0.29, 0.717) is 0 Å². The summed E-state index contributed by atoms with van der Waals surface area (Å²) in [5, 5.41) is 14.6. The van der Waals surface area contributed by atoms with Crippen molar-refractivity contribution >= 4 is 35.1 Å². The van der Waals surface area contributed by atoms with Gasteiger partial charge in [0.15, 0.2) is 6.61 Å². The Bertz CT molecular complexity index is 801. The number of amides is 2. The van der Waals surface area contributed by atoms with Crippen LogP contribution < -0.4 is 10.6 Å². The number of halogens is 4. The lowest BCUT2D eigenvalue weighted by Crippen LogP contribution is -2.46. The van der Waals surface area contributed by atoms with E-state index in [9.17, 15) is 37.7 Å². The molecule has 0 aliphatic heterocycles. The van der Waals surface area contributed by atoms with E-state index in [0.717, 1.165) is 12.1 Å². The van der Waals surface area contributed by atoms with Gasteiger partial charge in [0.25, 0.3) is 17.5 Å². The summed E-state index contributed by atoms with van der Waals surface area (Å²) in [4.78, 5) is 45.9. The largest absolute Gasteiger partial charge is 0.454 e. The van der Waals surface area contributed by atoms with Crippen molar-refractivity contribution in [2.45, 2.75) is 26.1 Å². The molecule has 2 amide bonds. The lowest BCUT2D eigenvalue weighted by Gasteiger charge is -2.21. The Morgan fingerprint density at radius 1 is 1.28 bits per heavy atom. The van der Waals surface area contributed by atoms with E-state index in [2.05, 4.69) is 10.1 Å². The van der Waals surface area contributed by atoms with Crippen LogP contribution in [-0.2, 0) is 14.3 Å². The Morgan fingerprint density at radius 2 is 1.90 bits per heavy atom. The number of hydrogen-bond donors (Lipinski definition) is 2. The zero-order valence-corrected chi connectivity index (χ0v) is 16.0.